The summed E-state index contributed by atoms with van der Waals surface area (Å²) in [6.07, 6.45) is 6.03. The van der Waals surface area contributed by atoms with Gasteiger partial charge in [0.25, 0.3) is 0 Å². The van der Waals surface area contributed by atoms with Gasteiger partial charge in [0.05, 0.1) is 6.04 Å². The Morgan fingerprint density at radius 2 is 1.84 bits per heavy atom. The van der Waals surface area contributed by atoms with E-state index in [1.807, 2.05) is 37.6 Å². The van der Waals surface area contributed by atoms with Gasteiger partial charge < -0.3 is 19.9 Å². The molecule has 6 nitrogen and oxygen atoms in total. The Morgan fingerprint density at radius 3 is 2.44 bits per heavy atom. The third-order valence-electron chi connectivity index (χ3n) is 5.75. The number of hydrogen-bond donors (Lipinski definition) is 1. The standard InChI is InChI=1S/C19H33N3O3/c1-19(2,3)25-18(24)22-14-7-8-15(22)11-13(10-14)12-20-16-6-5-9-21(4)17(16)23/h13-16,20H,5-12H2,1-4H3. The molecule has 3 aliphatic heterocycles. The minimum atomic E-state index is -0.442. The lowest BCUT2D eigenvalue weighted by atomic mass is 9.90. The molecule has 25 heavy (non-hydrogen) atoms. The van der Waals surface area contributed by atoms with Crippen LogP contribution in [0.4, 0.5) is 4.79 Å². The van der Waals surface area contributed by atoms with Crippen LogP contribution < -0.4 is 5.32 Å². The predicted octanol–water partition coefficient (Wildman–Crippen LogP) is 2.37. The first-order chi connectivity index (χ1) is 11.7. The highest BCUT2D eigenvalue weighted by molar-refractivity contribution is 5.82. The number of carbonyl (C=O) groups is 2. The van der Waals surface area contributed by atoms with E-state index >= 15 is 0 Å². The molecule has 0 saturated carbocycles. The van der Waals surface area contributed by atoms with Crippen molar-refractivity contribution in [1.82, 2.24) is 15.1 Å². The number of ether oxygens (including phenoxy) is 1. The molecule has 3 atom stereocenters. The molecule has 0 aromatic carbocycles. The summed E-state index contributed by atoms with van der Waals surface area (Å²) >= 11 is 0. The molecular weight excluding hydrogens is 318 g/mol. The summed E-state index contributed by atoms with van der Waals surface area (Å²) < 4.78 is 5.60. The molecule has 6 heteroatoms. The summed E-state index contributed by atoms with van der Waals surface area (Å²) in [7, 11) is 1.88. The van der Waals surface area contributed by atoms with Crippen LogP contribution in [0.25, 0.3) is 0 Å². The molecule has 3 fully saturated rings. The highest BCUT2D eigenvalue weighted by Gasteiger charge is 2.44. The number of nitrogens with one attached hydrogen (secondary N) is 1. The van der Waals surface area contributed by atoms with Crippen molar-refractivity contribution in [3.63, 3.8) is 0 Å². The van der Waals surface area contributed by atoms with E-state index in [0.717, 1.165) is 51.6 Å². The van der Waals surface area contributed by atoms with Crippen molar-refractivity contribution in [3.05, 3.63) is 0 Å². The van der Waals surface area contributed by atoms with Gasteiger partial charge in [-0.15, -0.1) is 0 Å². The van der Waals surface area contributed by atoms with Crippen molar-refractivity contribution in [2.24, 2.45) is 5.92 Å². The first-order valence-corrected chi connectivity index (χ1v) is 9.74. The molecule has 3 saturated heterocycles. The highest BCUT2D eigenvalue weighted by atomic mass is 16.6. The largest absolute Gasteiger partial charge is 0.444 e. The molecule has 3 rings (SSSR count). The van der Waals surface area contributed by atoms with Crippen LogP contribution in [-0.2, 0) is 9.53 Å². The van der Waals surface area contributed by atoms with Crippen molar-refractivity contribution < 1.29 is 14.3 Å². The molecule has 2 amide bonds. The lowest BCUT2D eigenvalue weighted by Gasteiger charge is -2.40. The number of rotatable bonds is 3. The zero-order valence-electron chi connectivity index (χ0n) is 16.1. The Kier molecular flexibility index (Phi) is 5.28. The van der Waals surface area contributed by atoms with Gasteiger partial charge in [0.1, 0.15) is 5.60 Å². The van der Waals surface area contributed by atoms with Crippen LogP contribution in [0.5, 0.6) is 0 Å². The van der Waals surface area contributed by atoms with E-state index in [9.17, 15) is 9.59 Å². The van der Waals surface area contributed by atoms with E-state index in [2.05, 4.69) is 5.32 Å². The molecule has 0 spiro atoms. The van der Waals surface area contributed by atoms with Gasteiger partial charge in [-0.3, -0.25) is 4.79 Å². The fourth-order valence-corrected chi connectivity index (χ4v) is 4.60. The van der Waals surface area contributed by atoms with E-state index in [4.69, 9.17) is 4.74 Å². The number of amides is 2. The summed E-state index contributed by atoms with van der Waals surface area (Å²) in [5.41, 5.74) is -0.442. The molecule has 1 N–H and O–H groups in total. The monoisotopic (exact) mass is 351 g/mol. The van der Waals surface area contributed by atoms with Crippen molar-refractivity contribution in [1.29, 1.82) is 0 Å². The molecule has 2 bridgehead atoms. The maximum atomic E-state index is 12.5. The quantitative estimate of drug-likeness (QED) is 0.848. The number of likely N-dealkylation sites (N-methyl/N-ethyl adjacent to an activating group) is 1. The average Bonchev–Trinajstić information content (AvgIpc) is 2.78. The number of fused-ring (bicyclic) bond motifs is 2. The van der Waals surface area contributed by atoms with Gasteiger partial charge in [0.2, 0.25) is 5.91 Å². The van der Waals surface area contributed by atoms with Crippen LogP contribution >= 0.6 is 0 Å². The van der Waals surface area contributed by atoms with Crippen LogP contribution in [-0.4, -0.2) is 65.7 Å². The summed E-state index contributed by atoms with van der Waals surface area (Å²) in [4.78, 5) is 28.5. The number of carbonyl (C=O) groups excluding carboxylic acids is 2. The van der Waals surface area contributed by atoms with E-state index in [0.29, 0.717) is 18.0 Å². The zero-order valence-corrected chi connectivity index (χ0v) is 16.1. The van der Waals surface area contributed by atoms with Crippen LogP contribution in [0.1, 0.15) is 59.3 Å². The summed E-state index contributed by atoms with van der Waals surface area (Å²) in [5.74, 6) is 0.761. The lowest BCUT2D eigenvalue weighted by molar-refractivity contribution is -0.134. The molecular formula is C19H33N3O3. The van der Waals surface area contributed by atoms with Crippen molar-refractivity contribution in [3.8, 4) is 0 Å². The fraction of sp³-hybridized carbons (Fsp3) is 0.895. The topological polar surface area (TPSA) is 61.9 Å². The van der Waals surface area contributed by atoms with Crippen LogP contribution in [0.3, 0.4) is 0 Å². The zero-order chi connectivity index (χ0) is 18.2. The summed E-state index contributed by atoms with van der Waals surface area (Å²) in [5, 5.41) is 3.50. The minimum Gasteiger partial charge on any atom is -0.444 e. The van der Waals surface area contributed by atoms with Gasteiger partial charge in [0.15, 0.2) is 0 Å². The van der Waals surface area contributed by atoms with Crippen molar-refractivity contribution >= 4 is 12.0 Å². The van der Waals surface area contributed by atoms with E-state index < -0.39 is 5.60 Å². The Hall–Kier alpha value is -1.30. The second-order valence-corrected chi connectivity index (χ2v) is 8.97. The van der Waals surface area contributed by atoms with Gasteiger partial charge in [-0.25, -0.2) is 4.79 Å². The number of likely N-dealkylation sites (tertiary alicyclic amines) is 1. The maximum absolute atomic E-state index is 12.5. The molecule has 142 valence electrons. The van der Waals surface area contributed by atoms with Crippen molar-refractivity contribution in [2.45, 2.75) is 83.0 Å². The highest BCUT2D eigenvalue weighted by Crippen LogP contribution is 2.39. The van der Waals surface area contributed by atoms with E-state index in [1.54, 1.807) is 0 Å². The summed E-state index contributed by atoms with van der Waals surface area (Å²) in [6.45, 7) is 7.50. The van der Waals surface area contributed by atoms with Crippen LogP contribution in [0.15, 0.2) is 0 Å². The number of hydrogen-bond acceptors (Lipinski definition) is 4. The average molecular weight is 351 g/mol. The van der Waals surface area contributed by atoms with Gasteiger partial charge in [-0.1, -0.05) is 0 Å². The van der Waals surface area contributed by atoms with Crippen LogP contribution in [0, 0.1) is 5.92 Å². The number of nitrogens with zero attached hydrogens (tertiary/aromatic N) is 2. The third kappa shape index (κ3) is 4.27. The Morgan fingerprint density at radius 1 is 1.20 bits per heavy atom. The first-order valence-electron chi connectivity index (χ1n) is 9.74. The molecule has 3 unspecified atom stereocenters. The number of piperidine rings is 2. The maximum Gasteiger partial charge on any atom is 0.410 e. The van der Waals surface area contributed by atoms with E-state index in [-0.39, 0.29) is 18.0 Å². The molecule has 0 radical (unpaired) electrons. The minimum absolute atomic E-state index is 0.0275. The third-order valence-corrected chi connectivity index (χ3v) is 5.75. The second-order valence-electron chi connectivity index (χ2n) is 8.97. The summed E-state index contributed by atoms with van der Waals surface area (Å²) in [6, 6.07) is 0.565. The second kappa shape index (κ2) is 7.14. The lowest BCUT2D eigenvalue weighted by Crippen LogP contribution is -2.52. The van der Waals surface area contributed by atoms with E-state index in [1.165, 1.54) is 0 Å². The Bertz CT molecular complexity index is 503. The van der Waals surface area contributed by atoms with Crippen molar-refractivity contribution in [2.75, 3.05) is 20.1 Å². The molecule has 3 heterocycles. The smallest absolute Gasteiger partial charge is 0.410 e. The SMILES string of the molecule is CN1CCCC(NCC2CC3CCC(C2)N3C(=O)OC(C)(C)C)C1=O. The molecule has 0 aromatic rings. The molecule has 3 aliphatic rings. The first kappa shape index (κ1) is 18.5. The van der Waals surface area contributed by atoms with Gasteiger partial charge in [-0.05, 0) is 71.8 Å². The van der Waals surface area contributed by atoms with Gasteiger partial charge in [0, 0.05) is 25.7 Å². The van der Waals surface area contributed by atoms with Gasteiger partial charge >= 0.3 is 6.09 Å². The fourth-order valence-electron chi connectivity index (χ4n) is 4.60. The molecule has 0 aromatic heterocycles. The Balaban J connectivity index is 1.52. The van der Waals surface area contributed by atoms with Gasteiger partial charge in [-0.2, -0.15) is 0 Å². The predicted molar refractivity (Wildman–Crippen MR) is 96.3 cm³/mol. The molecule has 0 aliphatic carbocycles. The Labute approximate surface area is 151 Å². The normalized spacial score (nSPS) is 32.9. The van der Waals surface area contributed by atoms with Crippen LogP contribution in [0.2, 0.25) is 0 Å².